The van der Waals surface area contributed by atoms with Crippen LogP contribution in [-0.4, -0.2) is 21.0 Å². The largest absolute Gasteiger partial charge is 0.360 e. The topological polar surface area (TPSA) is 92.9 Å². The minimum Gasteiger partial charge on any atom is -0.360 e. The van der Waals surface area contributed by atoms with E-state index in [9.17, 15) is 9.18 Å². The summed E-state index contributed by atoms with van der Waals surface area (Å²) in [6, 6.07) is 7.50. The minimum absolute atomic E-state index is 0.254. The molecular formula is C15H12FN5O2. The lowest BCUT2D eigenvalue weighted by molar-refractivity contribution is 0.102. The highest BCUT2D eigenvalue weighted by atomic mass is 19.1. The molecule has 0 spiro atoms. The number of nitrogens with zero attached hydrogens (tertiary/aromatic N) is 3. The Balaban J connectivity index is 1.68. The Morgan fingerprint density at radius 3 is 2.65 bits per heavy atom. The number of halogens is 1. The van der Waals surface area contributed by atoms with Gasteiger partial charge >= 0.3 is 0 Å². The van der Waals surface area contributed by atoms with Gasteiger partial charge in [0, 0.05) is 24.1 Å². The van der Waals surface area contributed by atoms with Crippen LogP contribution in [0.3, 0.4) is 0 Å². The maximum atomic E-state index is 13.1. The summed E-state index contributed by atoms with van der Waals surface area (Å²) in [6.45, 7) is 1.72. The summed E-state index contributed by atoms with van der Waals surface area (Å²) in [6.07, 6.45) is 2.72. The standard InChI is InChI=1S/C15H12FN5O2/c1-9-5-13(21-23-9)20-14(22)10-7-17-15(18-8-10)19-12-4-2-3-11(16)6-12/h2-8H,1H3,(H,17,18,19)(H,20,21,22). The van der Waals surface area contributed by atoms with E-state index in [1.54, 1.807) is 25.1 Å². The number of aromatic nitrogens is 3. The number of carbonyl (C=O) groups excluding carboxylic acids is 1. The van der Waals surface area contributed by atoms with Gasteiger partial charge in [0.05, 0.1) is 5.56 Å². The summed E-state index contributed by atoms with van der Waals surface area (Å²) in [4.78, 5) is 20.0. The quantitative estimate of drug-likeness (QED) is 0.769. The maximum absolute atomic E-state index is 13.1. The van der Waals surface area contributed by atoms with Crippen LogP contribution in [0.4, 0.5) is 21.8 Å². The predicted molar refractivity (Wildman–Crippen MR) is 80.9 cm³/mol. The zero-order chi connectivity index (χ0) is 16.2. The van der Waals surface area contributed by atoms with Crippen molar-refractivity contribution in [3.8, 4) is 0 Å². The number of hydrogen-bond acceptors (Lipinski definition) is 6. The van der Waals surface area contributed by atoms with Crippen LogP contribution in [0.1, 0.15) is 16.1 Å². The van der Waals surface area contributed by atoms with Crippen LogP contribution in [0.25, 0.3) is 0 Å². The summed E-state index contributed by atoms with van der Waals surface area (Å²) in [5.74, 6) is 0.384. The molecule has 3 rings (SSSR count). The molecule has 0 radical (unpaired) electrons. The molecule has 1 aromatic carbocycles. The van der Waals surface area contributed by atoms with Crippen LogP contribution in [0, 0.1) is 12.7 Å². The number of carbonyl (C=O) groups is 1. The van der Waals surface area contributed by atoms with E-state index in [2.05, 4.69) is 25.8 Å². The number of amides is 1. The molecule has 0 bridgehead atoms. The van der Waals surface area contributed by atoms with Crippen LogP contribution >= 0.6 is 0 Å². The molecule has 0 atom stereocenters. The highest BCUT2D eigenvalue weighted by molar-refractivity contribution is 6.03. The lowest BCUT2D eigenvalue weighted by Gasteiger charge is -2.05. The van der Waals surface area contributed by atoms with Crippen molar-refractivity contribution >= 4 is 23.4 Å². The highest BCUT2D eigenvalue weighted by Gasteiger charge is 2.10. The van der Waals surface area contributed by atoms with Gasteiger partial charge in [-0.25, -0.2) is 14.4 Å². The molecule has 8 heteroatoms. The van der Waals surface area contributed by atoms with Crippen molar-refractivity contribution in [3.05, 3.63) is 59.9 Å². The maximum Gasteiger partial charge on any atom is 0.260 e. The van der Waals surface area contributed by atoms with E-state index in [-0.39, 0.29) is 17.3 Å². The van der Waals surface area contributed by atoms with Crippen LogP contribution < -0.4 is 10.6 Å². The molecule has 7 nitrogen and oxygen atoms in total. The van der Waals surface area contributed by atoms with Gasteiger partial charge in [0.2, 0.25) is 5.95 Å². The molecule has 0 aliphatic rings. The third kappa shape index (κ3) is 3.67. The molecule has 2 aromatic heterocycles. The van der Waals surface area contributed by atoms with E-state index in [0.29, 0.717) is 17.3 Å². The number of hydrogen-bond donors (Lipinski definition) is 2. The Labute approximate surface area is 130 Å². The number of anilines is 3. The Bertz CT molecular complexity index is 832. The van der Waals surface area contributed by atoms with Gasteiger partial charge in [-0.05, 0) is 25.1 Å². The lowest BCUT2D eigenvalue weighted by atomic mass is 10.3. The van der Waals surface area contributed by atoms with Gasteiger partial charge in [0.1, 0.15) is 11.6 Å². The third-order valence-corrected chi connectivity index (χ3v) is 2.86. The zero-order valence-electron chi connectivity index (χ0n) is 12.1. The van der Waals surface area contributed by atoms with Gasteiger partial charge in [-0.2, -0.15) is 0 Å². The fraction of sp³-hybridized carbons (Fsp3) is 0.0667. The normalized spacial score (nSPS) is 10.3. The van der Waals surface area contributed by atoms with Crippen molar-refractivity contribution in [2.75, 3.05) is 10.6 Å². The second-order valence-electron chi connectivity index (χ2n) is 4.71. The van der Waals surface area contributed by atoms with E-state index in [1.807, 2.05) is 0 Å². The van der Waals surface area contributed by atoms with Crippen molar-refractivity contribution in [2.45, 2.75) is 6.92 Å². The van der Waals surface area contributed by atoms with Crippen LogP contribution in [0.15, 0.2) is 47.2 Å². The molecule has 23 heavy (non-hydrogen) atoms. The molecular weight excluding hydrogens is 301 g/mol. The summed E-state index contributed by atoms with van der Waals surface area (Å²) in [5.41, 5.74) is 0.774. The van der Waals surface area contributed by atoms with Crippen LogP contribution in [0.2, 0.25) is 0 Å². The SMILES string of the molecule is Cc1cc(NC(=O)c2cnc(Nc3cccc(F)c3)nc2)no1. The van der Waals surface area contributed by atoms with E-state index in [4.69, 9.17) is 4.52 Å². The zero-order valence-corrected chi connectivity index (χ0v) is 12.1. The Kier molecular flexibility index (Phi) is 3.96. The van der Waals surface area contributed by atoms with Crippen molar-refractivity contribution in [2.24, 2.45) is 0 Å². The highest BCUT2D eigenvalue weighted by Crippen LogP contribution is 2.14. The Morgan fingerprint density at radius 1 is 1.22 bits per heavy atom. The van der Waals surface area contributed by atoms with Crippen molar-refractivity contribution < 1.29 is 13.7 Å². The fourth-order valence-corrected chi connectivity index (χ4v) is 1.82. The molecule has 0 saturated heterocycles. The van der Waals surface area contributed by atoms with Gasteiger partial charge in [-0.1, -0.05) is 11.2 Å². The lowest BCUT2D eigenvalue weighted by Crippen LogP contribution is -2.13. The first-order chi connectivity index (χ1) is 11.1. The Morgan fingerprint density at radius 2 is 2.00 bits per heavy atom. The van der Waals surface area contributed by atoms with Gasteiger partial charge < -0.3 is 15.2 Å². The predicted octanol–water partition coefficient (Wildman–Crippen LogP) is 2.91. The van der Waals surface area contributed by atoms with Crippen molar-refractivity contribution in [1.29, 1.82) is 0 Å². The average Bonchev–Trinajstić information content (AvgIpc) is 2.93. The second kappa shape index (κ2) is 6.22. The smallest absolute Gasteiger partial charge is 0.260 e. The molecule has 1 amide bonds. The number of rotatable bonds is 4. The van der Waals surface area contributed by atoms with E-state index in [0.717, 1.165) is 0 Å². The molecule has 0 aliphatic heterocycles. The molecule has 2 N–H and O–H groups in total. The van der Waals surface area contributed by atoms with Gasteiger partial charge in [-0.3, -0.25) is 4.79 Å². The molecule has 0 fully saturated rings. The van der Waals surface area contributed by atoms with E-state index >= 15 is 0 Å². The summed E-state index contributed by atoms with van der Waals surface area (Å²) < 4.78 is 18.0. The summed E-state index contributed by atoms with van der Waals surface area (Å²) in [5, 5.41) is 9.07. The molecule has 0 saturated carbocycles. The monoisotopic (exact) mass is 313 g/mol. The first kappa shape index (κ1) is 14.6. The summed E-state index contributed by atoms with van der Waals surface area (Å²) >= 11 is 0. The van der Waals surface area contributed by atoms with Gasteiger partial charge in [0.25, 0.3) is 5.91 Å². The fourth-order valence-electron chi connectivity index (χ4n) is 1.82. The first-order valence-corrected chi connectivity index (χ1v) is 6.69. The molecule has 116 valence electrons. The molecule has 0 unspecified atom stereocenters. The summed E-state index contributed by atoms with van der Waals surface area (Å²) in [7, 11) is 0. The van der Waals surface area contributed by atoms with Crippen LogP contribution in [-0.2, 0) is 0 Å². The average molecular weight is 313 g/mol. The van der Waals surface area contributed by atoms with Gasteiger partial charge in [-0.15, -0.1) is 0 Å². The second-order valence-corrected chi connectivity index (χ2v) is 4.71. The number of nitrogens with one attached hydrogen (secondary N) is 2. The molecule has 0 aliphatic carbocycles. The molecule has 2 heterocycles. The first-order valence-electron chi connectivity index (χ1n) is 6.69. The van der Waals surface area contributed by atoms with Crippen molar-refractivity contribution in [1.82, 2.24) is 15.1 Å². The van der Waals surface area contributed by atoms with Gasteiger partial charge in [0.15, 0.2) is 5.82 Å². The minimum atomic E-state index is -0.407. The van der Waals surface area contributed by atoms with Crippen molar-refractivity contribution in [3.63, 3.8) is 0 Å². The number of benzene rings is 1. The number of aryl methyl sites for hydroxylation is 1. The third-order valence-electron chi connectivity index (χ3n) is 2.86. The molecule has 3 aromatic rings. The Hall–Kier alpha value is -3.29. The van der Waals surface area contributed by atoms with E-state index < -0.39 is 5.91 Å². The van der Waals surface area contributed by atoms with E-state index in [1.165, 1.54) is 24.5 Å². The van der Waals surface area contributed by atoms with Crippen LogP contribution in [0.5, 0.6) is 0 Å².